The van der Waals surface area contributed by atoms with E-state index in [4.69, 9.17) is 4.43 Å². The topological polar surface area (TPSA) is 9.23 Å². The Labute approximate surface area is 84.3 Å². The number of allylic oxidation sites excluding steroid dienone is 2. The van der Waals surface area contributed by atoms with E-state index < -0.39 is 8.32 Å². The summed E-state index contributed by atoms with van der Waals surface area (Å²) in [5, 5.41) is 0. The SMILES string of the molecule is CC=CCCCC[Si](C)(C)OCC. The standard InChI is InChI=1S/C11H24OSi/c1-5-7-8-9-10-11-13(3,4)12-6-2/h5,7H,6,8-11H2,1-4H3. The van der Waals surface area contributed by atoms with Crippen molar-refractivity contribution < 1.29 is 4.43 Å². The summed E-state index contributed by atoms with van der Waals surface area (Å²) < 4.78 is 5.76. The Hall–Kier alpha value is -0.0831. The van der Waals surface area contributed by atoms with Gasteiger partial charge in [0.1, 0.15) is 0 Å². The number of unbranched alkanes of at least 4 members (excludes halogenated alkanes) is 2. The van der Waals surface area contributed by atoms with E-state index in [0.29, 0.717) is 0 Å². The van der Waals surface area contributed by atoms with Crippen LogP contribution in [-0.4, -0.2) is 14.9 Å². The fourth-order valence-electron chi connectivity index (χ4n) is 1.44. The first kappa shape index (κ1) is 12.9. The third kappa shape index (κ3) is 8.25. The predicted octanol–water partition coefficient (Wildman–Crippen LogP) is 3.97. The van der Waals surface area contributed by atoms with Gasteiger partial charge < -0.3 is 4.43 Å². The van der Waals surface area contributed by atoms with Gasteiger partial charge in [-0.1, -0.05) is 25.0 Å². The minimum absolute atomic E-state index is 0.883. The van der Waals surface area contributed by atoms with Crippen molar-refractivity contribution >= 4 is 8.32 Å². The Morgan fingerprint density at radius 1 is 1.23 bits per heavy atom. The predicted molar refractivity (Wildman–Crippen MR) is 62.6 cm³/mol. The van der Waals surface area contributed by atoms with Gasteiger partial charge in [-0.3, -0.25) is 0 Å². The van der Waals surface area contributed by atoms with Gasteiger partial charge >= 0.3 is 0 Å². The van der Waals surface area contributed by atoms with Crippen molar-refractivity contribution in [1.82, 2.24) is 0 Å². The second-order valence-corrected chi connectivity index (χ2v) is 8.32. The molecule has 0 bridgehead atoms. The smallest absolute Gasteiger partial charge is 0.186 e. The fraction of sp³-hybridized carbons (Fsp3) is 0.818. The lowest BCUT2D eigenvalue weighted by molar-refractivity contribution is 0.328. The van der Waals surface area contributed by atoms with Crippen LogP contribution in [0.4, 0.5) is 0 Å². The van der Waals surface area contributed by atoms with Gasteiger partial charge in [0, 0.05) is 6.61 Å². The average molecular weight is 200 g/mol. The molecule has 0 aliphatic rings. The van der Waals surface area contributed by atoms with Crippen LogP contribution in [0, 0.1) is 0 Å². The highest BCUT2D eigenvalue weighted by atomic mass is 28.4. The van der Waals surface area contributed by atoms with Crippen molar-refractivity contribution in [3.63, 3.8) is 0 Å². The molecule has 0 aliphatic carbocycles. The van der Waals surface area contributed by atoms with E-state index in [-0.39, 0.29) is 0 Å². The molecule has 0 N–H and O–H groups in total. The Kier molecular flexibility index (Phi) is 7.29. The Bertz CT molecular complexity index is 141. The normalized spacial score (nSPS) is 12.6. The van der Waals surface area contributed by atoms with Gasteiger partial charge in [0.2, 0.25) is 0 Å². The van der Waals surface area contributed by atoms with Gasteiger partial charge in [0.15, 0.2) is 8.32 Å². The summed E-state index contributed by atoms with van der Waals surface area (Å²) in [5.41, 5.74) is 0. The maximum Gasteiger partial charge on any atom is 0.186 e. The lowest BCUT2D eigenvalue weighted by Crippen LogP contribution is -2.29. The first-order valence-corrected chi connectivity index (χ1v) is 8.49. The van der Waals surface area contributed by atoms with E-state index in [9.17, 15) is 0 Å². The summed E-state index contributed by atoms with van der Waals surface area (Å²) in [6.07, 6.45) is 8.24. The van der Waals surface area contributed by atoms with Crippen molar-refractivity contribution in [2.45, 2.75) is 52.2 Å². The number of hydrogen-bond donors (Lipinski definition) is 0. The van der Waals surface area contributed by atoms with Gasteiger partial charge in [0.25, 0.3) is 0 Å². The van der Waals surface area contributed by atoms with Crippen molar-refractivity contribution in [2.24, 2.45) is 0 Å². The minimum Gasteiger partial charge on any atom is -0.418 e. The fourth-order valence-corrected chi connectivity index (χ4v) is 3.47. The number of rotatable bonds is 7. The Morgan fingerprint density at radius 3 is 2.46 bits per heavy atom. The Morgan fingerprint density at radius 2 is 1.92 bits per heavy atom. The zero-order valence-corrected chi connectivity index (χ0v) is 10.6. The lowest BCUT2D eigenvalue weighted by Gasteiger charge is -2.21. The van der Waals surface area contributed by atoms with E-state index >= 15 is 0 Å². The highest BCUT2D eigenvalue weighted by Crippen LogP contribution is 2.15. The quantitative estimate of drug-likeness (QED) is 0.343. The molecule has 0 unspecified atom stereocenters. The van der Waals surface area contributed by atoms with Gasteiger partial charge in [0.05, 0.1) is 0 Å². The van der Waals surface area contributed by atoms with Crippen LogP contribution in [-0.2, 0) is 4.43 Å². The van der Waals surface area contributed by atoms with Gasteiger partial charge in [-0.2, -0.15) is 0 Å². The molecule has 0 heterocycles. The molecule has 0 aromatic heterocycles. The van der Waals surface area contributed by atoms with Crippen molar-refractivity contribution in [3.8, 4) is 0 Å². The highest BCUT2D eigenvalue weighted by molar-refractivity contribution is 6.71. The molecule has 0 aromatic rings. The second kappa shape index (κ2) is 7.33. The molecule has 0 aromatic carbocycles. The summed E-state index contributed by atoms with van der Waals surface area (Å²) in [6, 6.07) is 1.30. The van der Waals surface area contributed by atoms with Crippen LogP contribution in [0.2, 0.25) is 19.1 Å². The summed E-state index contributed by atoms with van der Waals surface area (Å²) in [4.78, 5) is 0. The molecule has 0 rings (SSSR count). The van der Waals surface area contributed by atoms with Crippen LogP contribution in [0.25, 0.3) is 0 Å². The molecular formula is C11H24OSi. The first-order chi connectivity index (χ1) is 6.12. The van der Waals surface area contributed by atoms with E-state index in [0.717, 1.165) is 6.61 Å². The molecule has 0 amide bonds. The molecule has 0 saturated heterocycles. The molecule has 0 aliphatic heterocycles. The molecule has 78 valence electrons. The monoisotopic (exact) mass is 200 g/mol. The zero-order chi connectivity index (χ0) is 10.2. The summed E-state index contributed by atoms with van der Waals surface area (Å²) in [5.74, 6) is 0. The average Bonchev–Trinajstić information content (AvgIpc) is 2.04. The molecular weight excluding hydrogens is 176 g/mol. The van der Waals surface area contributed by atoms with Crippen molar-refractivity contribution in [3.05, 3.63) is 12.2 Å². The largest absolute Gasteiger partial charge is 0.418 e. The van der Waals surface area contributed by atoms with Gasteiger partial charge in [-0.05, 0) is 39.4 Å². The maximum absolute atomic E-state index is 5.76. The van der Waals surface area contributed by atoms with Crippen LogP contribution in [0.5, 0.6) is 0 Å². The van der Waals surface area contributed by atoms with Gasteiger partial charge in [-0.25, -0.2) is 0 Å². The molecule has 0 radical (unpaired) electrons. The molecule has 13 heavy (non-hydrogen) atoms. The molecule has 2 heteroatoms. The van der Waals surface area contributed by atoms with E-state index in [1.54, 1.807) is 0 Å². The zero-order valence-electron chi connectivity index (χ0n) is 9.60. The van der Waals surface area contributed by atoms with Crippen molar-refractivity contribution in [2.75, 3.05) is 6.61 Å². The van der Waals surface area contributed by atoms with Crippen LogP contribution in [0.1, 0.15) is 33.1 Å². The van der Waals surface area contributed by atoms with Gasteiger partial charge in [-0.15, -0.1) is 0 Å². The first-order valence-electron chi connectivity index (χ1n) is 5.37. The molecule has 0 spiro atoms. The third-order valence-corrected chi connectivity index (χ3v) is 4.80. The van der Waals surface area contributed by atoms with E-state index in [1.165, 1.54) is 25.3 Å². The van der Waals surface area contributed by atoms with Crippen LogP contribution >= 0.6 is 0 Å². The summed E-state index contributed by atoms with van der Waals surface area (Å²) in [7, 11) is -1.29. The van der Waals surface area contributed by atoms with Crippen LogP contribution < -0.4 is 0 Å². The molecule has 1 nitrogen and oxygen atoms in total. The maximum atomic E-state index is 5.76. The Balaban J connectivity index is 3.39. The summed E-state index contributed by atoms with van der Waals surface area (Å²) >= 11 is 0. The summed E-state index contributed by atoms with van der Waals surface area (Å²) in [6.45, 7) is 9.68. The van der Waals surface area contributed by atoms with E-state index in [2.05, 4.69) is 39.1 Å². The molecule has 0 atom stereocenters. The van der Waals surface area contributed by atoms with Crippen LogP contribution in [0.15, 0.2) is 12.2 Å². The van der Waals surface area contributed by atoms with E-state index in [1.807, 2.05) is 0 Å². The molecule has 0 saturated carbocycles. The van der Waals surface area contributed by atoms with Crippen LogP contribution in [0.3, 0.4) is 0 Å². The van der Waals surface area contributed by atoms with Crippen molar-refractivity contribution in [1.29, 1.82) is 0 Å². The minimum atomic E-state index is -1.29. The molecule has 0 fully saturated rings. The third-order valence-electron chi connectivity index (χ3n) is 2.17. The lowest BCUT2D eigenvalue weighted by atomic mass is 10.2. The second-order valence-electron chi connectivity index (χ2n) is 4.01. The highest BCUT2D eigenvalue weighted by Gasteiger charge is 2.20. The number of hydrogen-bond acceptors (Lipinski definition) is 1.